The molecule has 0 saturated carbocycles. The smallest absolute Gasteiger partial charge is 0.200 e. The van der Waals surface area contributed by atoms with Gasteiger partial charge in [-0.05, 0) is 19.9 Å². The molecule has 2 rings (SSSR count). The van der Waals surface area contributed by atoms with Gasteiger partial charge in [-0.1, -0.05) is 0 Å². The summed E-state index contributed by atoms with van der Waals surface area (Å²) in [6, 6.07) is 1.95. The predicted molar refractivity (Wildman–Crippen MR) is 57.2 cm³/mol. The minimum absolute atomic E-state index is 0.484. The maximum atomic E-state index is 5.66. The third kappa shape index (κ3) is 2.12. The first-order valence-corrected chi connectivity index (χ1v) is 4.73. The molecule has 0 atom stereocenters. The molecule has 5 nitrogen and oxygen atoms in total. The van der Waals surface area contributed by atoms with Gasteiger partial charge in [0.25, 0.3) is 0 Å². The summed E-state index contributed by atoms with van der Waals surface area (Å²) in [5.74, 6) is 1.25. The molecule has 0 aliphatic rings. The highest BCUT2D eigenvalue weighted by Crippen LogP contribution is 2.04. The molecule has 0 bridgehead atoms. The number of imidazole rings is 1. The lowest BCUT2D eigenvalue weighted by atomic mass is 10.3. The van der Waals surface area contributed by atoms with Crippen LogP contribution in [0.2, 0.25) is 0 Å². The maximum Gasteiger partial charge on any atom is 0.200 e. The van der Waals surface area contributed by atoms with E-state index >= 15 is 0 Å². The van der Waals surface area contributed by atoms with Gasteiger partial charge in [-0.25, -0.2) is 15.0 Å². The fourth-order valence-electron chi connectivity index (χ4n) is 1.50. The molecule has 0 spiro atoms. The van der Waals surface area contributed by atoms with Crippen LogP contribution in [0.5, 0.6) is 0 Å². The molecule has 0 amide bonds. The van der Waals surface area contributed by atoms with Crippen LogP contribution in [-0.4, -0.2) is 19.5 Å². The minimum atomic E-state index is 0.484. The first-order valence-electron chi connectivity index (χ1n) is 4.73. The molecule has 5 heteroatoms. The van der Waals surface area contributed by atoms with Gasteiger partial charge in [0.1, 0.15) is 5.82 Å². The van der Waals surface area contributed by atoms with Gasteiger partial charge in [-0.3, -0.25) is 0 Å². The summed E-state index contributed by atoms with van der Waals surface area (Å²) < 4.78 is 1.81. The van der Waals surface area contributed by atoms with E-state index < -0.39 is 0 Å². The third-order valence-electron chi connectivity index (χ3n) is 2.09. The molecule has 0 aliphatic carbocycles. The average Bonchev–Trinajstić information content (AvgIpc) is 2.50. The van der Waals surface area contributed by atoms with Crippen LogP contribution < -0.4 is 5.73 Å². The molecule has 0 unspecified atom stereocenters. The fourth-order valence-corrected chi connectivity index (χ4v) is 1.50. The molecule has 78 valence electrons. The lowest BCUT2D eigenvalue weighted by Crippen LogP contribution is -2.08. The van der Waals surface area contributed by atoms with Crippen molar-refractivity contribution in [3.05, 3.63) is 35.7 Å². The van der Waals surface area contributed by atoms with E-state index in [2.05, 4.69) is 15.0 Å². The van der Waals surface area contributed by atoms with E-state index in [0.717, 1.165) is 17.2 Å². The summed E-state index contributed by atoms with van der Waals surface area (Å²) in [5.41, 5.74) is 7.60. The second kappa shape index (κ2) is 3.68. The summed E-state index contributed by atoms with van der Waals surface area (Å²) in [6.07, 6.45) is 3.48. The number of hydrogen-bond acceptors (Lipinski definition) is 4. The predicted octanol–water partition coefficient (Wildman–Crippen LogP) is 0.920. The Hall–Kier alpha value is -1.91. The van der Waals surface area contributed by atoms with Crippen molar-refractivity contribution in [1.29, 1.82) is 0 Å². The Bertz CT molecular complexity index is 454. The standard InChI is InChI=1S/C10H13N5/c1-7-5-8(2)14-9(13-7)6-15-4-3-12-10(15)11/h3-5H,6H2,1-2H3,(H2,11,12). The average molecular weight is 203 g/mol. The van der Waals surface area contributed by atoms with E-state index in [-0.39, 0.29) is 0 Å². The quantitative estimate of drug-likeness (QED) is 0.788. The number of anilines is 1. The van der Waals surface area contributed by atoms with Crippen LogP contribution in [-0.2, 0) is 6.54 Å². The zero-order valence-corrected chi connectivity index (χ0v) is 8.81. The number of hydrogen-bond donors (Lipinski definition) is 1. The molecular weight excluding hydrogens is 190 g/mol. The van der Waals surface area contributed by atoms with Crippen molar-refractivity contribution in [2.75, 3.05) is 5.73 Å². The third-order valence-corrected chi connectivity index (χ3v) is 2.09. The zero-order chi connectivity index (χ0) is 10.8. The lowest BCUT2D eigenvalue weighted by molar-refractivity contribution is 0.742. The van der Waals surface area contributed by atoms with Crippen LogP contribution in [0.25, 0.3) is 0 Å². The van der Waals surface area contributed by atoms with Crippen molar-refractivity contribution in [1.82, 2.24) is 19.5 Å². The highest BCUT2D eigenvalue weighted by molar-refractivity contribution is 5.18. The van der Waals surface area contributed by atoms with E-state index in [1.165, 1.54) is 0 Å². The van der Waals surface area contributed by atoms with Gasteiger partial charge in [0, 0.05) is 23.8 Å². The van der Waals surface area contributed by atoms with Crippen LogP contribution in [0, 0.1) is 13.8 Å². The second-order valence-electron chi connectivity index (χ2n) is 3.48. The van der Waals surface area contributed by atoms with Gasteiger partial charge in [-0.2, -0.15) is 0 Å². The van der Waals surface area contributed by atoms with Crippen molar-refractivity contribution < 1.29 is 0 Å². The Morgan fingerprint density at radius 2 is 1.93 bits per heavy atom. The largest absolute Gasteiger partial charge is 0.369 e. The summed E-state index contributed by atoms with van der Waals surface area (Å²) in [4.78, 5) is 12.6. The van der Waals surface area contributed by atoms with Gasteiger partial charge >= 0.3 is 0 Å². The summed E-state index contributed by atoms with van der Waals surface area (Å²) in [5, 5.41) is 0. The van der Waals surface area contributed by atoms with Crippen molar-refractivity contribution in [2.24, 2.45) is 0 Å². The number of nitrogens with zero attached hydrogens (tertiary/aromatic N) is 4. The van der Waals surface area contributed by atoms with Crippen molar-refractivity contribution in [3.63, 3.8) is 0 Å². The van der Waals surface area contributed by atoms with Crippen molar-refractivity contribution in [3.8, 4) is 0 Å². The molecule has 0 saturated heterocycles. The van der Waals surface area contributed by atoms with E-state index in [9.17, 15) is 0 Å². The number of aromatic nitrogens is 4. The highest BCUT2D eigenvalue weighted by Gasteiger charge is 2.03. The van der Waals surface area contributed by atoms with E-state index in [1.54, 1.807) is 6.20 Å². The van der Waals surface area contributed by atoms with Crippen LogP contribution in [0.1, 0.15) is 17.2 Å². The molecule has 2 N–H and O–H groups in total. The zero-order valence-electron chi connectivity index (χ0n) is 8.81. The Morgan fingerprint density at radius 3 is 2.47 bits per heavy atom. The number of aryl methyl sites for hydroxylation is 2. The first-order chi connectivity index (χ1) is 7.15. The monoisotopic (exact) mass is 203 g/mol. The second-order valence-corrected chi connectivity index (χ2v) is 3.48. The van der Waals surface area contributed by atoms with E-state index in [0.29, 0.717) is 12.5 Å². The Morgan fingerprint density at radius 1 is 1.27 bits per heavy atom. The van der Waals surface area contributed by atoms with E-state index in [1.807, 2.05) is 30.7 Å². The fraction of sp³-hybridized carbons (Fsp3) is 0.300. The van der Waals surface area contributed by atoms with Gasteiger partial charge in [-0.15, -0.1) is 0 Å². The maximum absolute atomic E-state index is 5.66. The molecule has 0 aromatic carbocycles. The van der Waals surface area contributed by atoms with Crippen molar-refractivity contribution in [2.45, 2.75) is 20.4 Å². The molecule has 2 heterocycles. The summed E-state index contributed by atoms with van der Waals surface area (Å²) in [6.45, 7) is 4.47. The molecule has 2 aromatic heterocycles. The molecular formula is C10H13N5. The van der Waals surface area contributed by atoms with Gasteiger partial charge < -0.3 is 10.3 Å². The lowest BCUT2D eigenvalue weighted by Gasteiger charge is -2.05. The van der Waals surface area contributed by atoms with Gasteiger partial charge in [0.15, 0.2) is 0 Å². The SMILES string of the molecule is Cc1cc(C)nc(Cn2ccnc2N)n1. The molecule has 0 radical (unpaired) electrons. The summed E-state index contributed by atoms with van der Waals surface area (Å²) in [7, 11) is 0. The summed E-state index contributed by atoms with van der Waals surface area (Å²) >= 11 is 0. The van der Waals surface area contributed by atoms with Crippen molar-refractivity contribution >= 4 is 5.95 Å². The molecule has 2 aromatic rings. The Labute approximate surface area is 88.0 Å². The molecule has 0 fully saturated rings. The normalized spacial score (nSPS) is 10.5. The van der Waals surface area contributed by atoms with Crippen LogP contribution in [0.4, 0.5) is 5.95 Å². The molecule has 15 heavy (non-hydrogen) atoms. The Balaban J connectivity index is 2.28. The topological polar surface area (TPSA) is 69.6 Å². The van der Waals surface area contributed by atoms with E-state index in [4.69, 9.17) is 5.73 Å². The first kappa shape index (κ1) is 9.64. The highest BCUT2D eigenvalue weighted by atomic mass is 15.1. The number of nitrogen functional groups attached to an aromatic ring is 1. The van der Waals surface area contributed by atoms with Crippen LogP contribution in [0.3, 0.4) is 0 Å². The minimum Gasteiger partial charge on any atom is -0.369 e. The van der Waals surface area contributed by atoms with Crippen LogP contribution >= 0.6 is 0 Å². The van der Waals surface area contributed by atoms with Crippen LogP contribution in [0.15, 0.2) is 18.5 Å². The van der Waals surface area contributed by atoms with Gasteiger partial charge in [0.05, 0.1) is 6.54 Å². The molecule has 0 aliphatic heterocycles. The number of nitrogens with two attached hydrogens (primary N) is 1. The van der Waals surface area contributed by atoms with Gasteiger partial charge in [0.2, 0.25) is 5.95 Å². The Kier molecular flexibility index (Phi) is 2.37. The number of rotatable bonds is 2.